The molecule has 0 spiro atoms. The Hall–Kier alpha value is -2.49. The van der Waals surface area contributed by atoms with Crippen LogP contribution in [0.5, 0.6) is 11.5 Å². The lowest BCUT2D eigenvalue weighted by Gasteiger charge is -2.26. The first-order valence-corrected chi connectivity index (χ1v) is 7.42. The minimum absolute atomic E-state index is 0.00300. The number of amides is 1. The van der Waals surface area contributed by atoms with Crippen molar-refractivity contribution in [2.75, 3.05) is 13.2 Å². The molecule has 1 aliphatic rings. The van der Waals surface area contributed by atoms with E-state index in [4.69, 9.17) is 9.47 Å². The van der Waals surface area contributed by atoms with Gasteiger partial charge in [-0.25, -0.2) is 0 Å². The van der Waals surface area contributed by atoms with Crippen LogP contribution in [0.3, 0.4) is 0 Å². The SMILES string of the molecule is Cc1ccccc1CC(=O)NCC1COc2ccccc2O1. The number of aryl methyl sites for hydroxylation is 1. The molecule has 2 aromatic carbocycles. The van der Waals surface area contributed by atoms with E-state index in [0.717, 1.165) is 22.6 Å². The van der Waals surface area contributed by atoms with Crippen LogP contribution in [-0.4, -0.2) is 25.2 Å². The molecule has 2 aromatic rings. The van der Waals surface area contributed by atoms with E-state index >= 15 is 0 Å². The summed E-state index contributed by atoms with van der Waals surface area (Å²) in [6.45, 7) is 2.90. The molecule has 3 rings (SSSR count). The average molecular weight is 297 g/mol. The fourth-order valence-electron chi connectivity index (χ4n) is 2.44. The van der Waals surface area contributed by atoms with Gasteiger partial charge in [0.2, 0.25) is 5.91 Å². The van der Waals surface area contributed by atoms with Gasteiger partial charge in [-0.05, 0) is 30.2 Å². The maximum Gasteiger partial charge on any atom is 0.224 e. The maximum absolute atomic E-state index is 12.0. The molecule has 114 valence electrons. The molecule has 22 heavy (non-hydrogen) atoms. The molecule has 0 bridgehead atoms. The second kappa shape index (κ2) is 6.52. The molecular weight excluding hydrogens is 278 g/mol. The second-order valence-corrected chi connectivity index (χ2v) is 5.40. The predicted octanol–water partition coefficient (Wildman–Crippen LogP) is 2.49. The van der Waals surface area contributed by atoms with E-state index in [-0.39, 0.29) is 12.0 Å². The first-order chi connectivity index (χ1) is 10.7. The van der Waals surface area contributed by atoms with E-state index in [1.165, 1.54) is 0 Å². The summed E-state index contributed by atoms with van der Waals surface area (Å²) in [4.78, 5) is 12.0. The van der Waals surface area contributed by atoms with Gasteiger partial charge < -0.3 is 14.8 Å². The third-order valence-corrected chi connectivity index (χ3v) is 3.71. The van der Waals surface area contributed by atoms with Gasteiger partial charge in [0.1, 0.15) is 12.7 Å². The van der Waals surface area contributed by atoms with Crippen LogP contribution in [0, 0.1) is 6.92 Å². The van der Waals surface area contributed by atoms with E-state index in [1.54, 1.807) is 0 Å². The number of ether oxygens (including phenoxy) is 2. The Morgan fingerprint density at radius 2 is 1.86 bits per heavy atom. The molecule has 0 saturated carbocycles. The van der Waals surface area contributed by atoms with Crippen molar-refractivity contribution in [3.63, 3.8) is 0 Å². The fourth-order valence-corrected chi connectivity index (χ4v) is 2.44. The number of carbonyl (C=O) groups excluding carboxylic acids is 1. The zero-order valence-corrected chi connectivity index (χ0v) is 12.5. The fraction of sp³-hybridized carbons (Fsp3) is 0.278. The topological polar surface area (TPSA) is 47.6 Å². The van der Waals surface area contributed by atoms with Crippen molar-refractivity contribution in [1.29, 1.82) is 0 Å². The number of benzene rings is 2. The summed E-state index contributed by atoms with van der Waals surface area (Å²) in [6, 6.07) is 15.5. The van der Waals surface area contributed by atoms with Gasteiger partial charge in [0, 0.05) is 0 Å². The first-order valence-electron chi connectivity index (χ1n) is 7.42. The molecule has 1 amide bonds. The van der Waals surface area contributed by atoms with E-state index in [2.05, 4.69) is 5.32 Å². The molecule has 1 heterocycles. The number of carbonyl (C=O) groups is 1. The molecule has 0 saturated heterocycles. The van der Waals surface area contributed by atoms with Gasteiger partial charge in [-0.1, -0.05) is 36.4 Å². The lowest BCUT2D eigenvalue weighted by atomic mass is 10.1. The first kappa shape index (κ1) is 14.4. The molecule has 4 nitrogen and oxygen atoms in total. The summed E-state index contributed by atoms with van der Waals surface area (Å²) in [6.07, 6.45) is 0.229. The largest absolute Gasteiger partial charge is 0.486 e. The Bertz CT molecular complexity index is 669. The Morgan fingerprint density at radius 3 is 2.68 bits per heavy atom. The second-order valence-electron chi connectivity index (χ2n) is 5.40. The smallest absolute Gasteiger partial charge is 0.224 e. The molecule has 0 radical (unpaired) electrons. The monoisotopic (exact) mass is 297 g/mol. The van der Waals surface area contributed by atoms with Crippen LogP contribution in [0.25, 0.3) is 0 Å². The lowest BCUT2D eigenvalue weighted by Crippen LogP contribution is -2.41. The summed E-state index contributed by atoms with van der Waals surface area (Å²) in [5.74, 6) is 1.48. The van der Waals surface area contributed by atoms with Crippen LogP contribution < -0.4 is 14.8 Å². The molecule has 4 heteroatoms. The number of hydrogen-bond donors (Lipinski definition) is 1. The summed E-state index contributed by atoms with van der Waals surface area (Å²) in [5.41, 5.74) is 2.18. The van der Waals surface area contributed by atoms with E-state index < -0.39 is 0 Å². The number of fused-ring (bicyclic) bond motifs is 1. The van der Waals surface area contributed by atoms with Crippen molar-refractivity contribution < 1.29 is 14.3 Å². The highest BCUT2D eigenvalue weighted by Gasteiger charge is 2.21. The highest BCUT2D eigenvalue weighted by Crippen LogP contribution is 2.30. The van der Waals surface area contributed by atoms with Gasteiger partial charge in [-0.15, -0.1) is 0 Å². The normalized spacial score (nSPS) is 16.1. The highest BCUT2D eigenvalue weighted by atomic mass is 16.6. The van der Waals surface area contributed by atoms with Gasteiger partial charge in [-0.3, -0.25) is 4.79 Å². The summed E-state index contributed by atoms with van der Waals surface area (Å²) in [7, 11) is 0. The molecule has 1 N–H and O–H groups in total. The predicted molar refractivity (Wildman–Crippen MR) is 84.2 cm³/mol. The average Bonchev–Trinajstić information content (AvgIpc) is 2.55. The number of hydrogen-bond acceptors (Lipinski definition) is 3. The number of nitrogens with one attached hydrogen (secondary N) is 1. The summed E-state index contributed by atoms with van der Waals surface area (Å²) >= 11 is 0. The zero-order chi connectivity index (χ0) is 15.4. The van der Waals surface area contributed by atoms with Crippen LogP contribution in [-0.2, 0) is 11.2 Å². The van der Waals surface area contributed by atoms with Crippen LogP contribution >= 0.6 is 0 Å². The minimum Gasteiger partial charge on any atom is -0.486 e. The van der Waals surface area contributed by atoms with Gasteiger partial charge in [0.15, 0.2) is 11.5 Å². The Balaban J connectivity index is 1.51. The van der Waals surface area contributed by atoms with Crippen molar-refractivity contribution in [3.8, 4) is 11.5 Å². The van der Waals surface area contributed by atoms with Crippen LogP contribution in [0.1, 0.15) is 11.1 Å². The zero-order valence-electron chi connectivity index (χ0n) is 12.5. The third kappa shape index (κ3) is 3.39. The van der Waals surface area contributed by atoms with E-state index in [1.807, 2.05) is 55.5 Å². The quantitative estimate of drug-likeness (QED) is 0.943. The Kier molecular flexibility index (Phi) is 4.28. The molecule has 1 atom stereocenters. The Morgan fingerprint density at radius 1 is 1.14 bits per heavy atom. The summed E-state index contributed by atoms with van der Waals surface area (Å²) < 4.78 is 11.4. The van der Waals surface area contributed by atoms with E-state index in [0.29, 0.717) is 19.6 Å². The van der Waals surface area contributed by atoms with Gasteiger partial charge in [-0.2, -0.15) is 0 Å². The Labute approximate surface area is 130 Å². The number of para-hydroxylation sites is 2. The van der Waals surface area contributed by atoms with Gasteiger partial charge in [0.25, 0.3) is 0 Å². The van der Waals surface area contributed by atoms with Crippen LogP contribution in [0.4, 0.5) is 0 Å². The molecule has 0 aliphatic carbocycles. The molecule has 1 aliphatic heterocycles. The van der Waals surface area contributed by atoms with Crippen LogP contribution in [0.15, 0.2) is 48.5 Å². The molecule has 0 aromatic heterocycles. The van der Waals surface area contributed by atoms with Crippen molar-refractivity contribution in [2.45, 2.75) is 19.4 Å². The lowest BCUT2D eigenvalue weighted by molar-refractivity contribution is -0.120. The standard InChI is InChI=1S/C18H19NO3/c1-13-6-2-3-7-14(13)10-18(20)19-11-15-12-21-16-8-4-5-9-17(16)22-15/h2-9,15H,10-12H2,1H3,(H,19,20). The third-order valence-electron chi connectivity index (χ3n) is 3.71. The van der Waals surface area contributed by atoms with E-state index in [9.17, 15) is 4.79 Å². The van der Waals surface area contributed by atoms with Crippen molar-refractivity contribution in [3.05, 3.63) is 59.7 Å². The molecular formula is C18H19NO3. The minimum atomic E-state index is -0.157. The van der Waals surface area contributed by atoms with Gasteiger partial charge >= 0.3 is 0 Å². The maximum atomic E-state index is 12.0. The molecule has 0 fully saturated rings. The van der Waals surface area contributed by atoms with Crippen LogP contribution in [0.2, 0.25) is 0 Å². The summed E-state index contributed by atoms with van der Waals surface area (Å²) in [5, 5.41) is 2.91. The van der Waals surface area contributed by atoms with Gasteiger partial charge in [0.05, 0.1) is 13.0 Å². The highest BCUT2D eigenvalue weighted by molar-refractivity contribution is 5.78. The van der Waals surface area contributed by atoms with Crippen molar-refractivity contribution in [2.24, 2.45) is 0 Å². The van der Waals surface area contributed by atoms with Crippen molar-refractivity contribution in [1.82, 2.24) is 5.32 Å². The number of rotatable bonds is 4. The molecule has 1 unspecified atom stereocenters. The van der Waals surface area contributed by atoms with Crippen molar-refractivity contribution >= 4 is 5.91 Å².